The fourth-order valence-electron chi connectivity index (χ4n) is 1.71. The van der Waals surface area contributed by atoms with Crippen molar-refractivity contribution in [2.45, 2.75) is 69.8 Å². The Labute approximate surface area is 122 Å². The highest BCUT2D eigenvalue weighted by molar-refractivity contribution is 7.63. The molecule has 20 heavy (non-hydrogen) atoms. The Bertz CT molecular complexity index is 382. The van der Waals surface area contributed by atoms with Gasteiger partial charge in [-0.25, -0.2) is 0 Å². The average Bonchev–Trinajstić information content (AvgIpc) is 2.39. The van der Waals surface area contributed by atoms with Crippen LogP contribution < -0.4 is 0 Å². The maximum Gasteiger partial charge on any atom is 0.376 e. The molecular weight excluding hydrogens is 298 g/mol. The highest BCUT2D eigenvalue weighted by Crippen LogP contribution is 2.54. The van der Waals surface area contributed by atoms with Crippen LogP contribution in [0.1, 0.15) is 64.7 Å². The van der Waals surface area contributed by atoms with Crippen molar-refractivity contribution in [2.24, 2.45) is 0 Å². The molecule has 0 aliphatic heterocycles. The van der Waals surface area contributed by atoms with E-state index in [2.05, 4.69) is 18.8 Å². The molecule has 2 unspecified atom stereocenters. The molecule has 0 spiro atoms. The summed E-state index contributed by atoms with van der Waals surface area (Å²) in [6, 6.07) is 0. The first-order valence-electron chi connectivity index (χ1n) is 7.11. The Hall–Kier alpha value is -0.100. The van der Waals surface area contributed by atoms with Crippen LogP contribution in [0, 0.1) is 11.8 Å². The molecule has 0 saturated heterocycles. The number of hydrogen-bond acceptors (Lipinski definition) is 3. The molecular formula is C13H26O5P2. The largest absolute Gasteiger partial charge is 0.376 e. The predicted molar refractivity (Wildman–Crippen MR) is 82.4 cm³/mol. The van der Waals surface area contributed by atoms with Gasteiger partial charge in [-0.15, -0.1) is 0 Å². The zero-order valence-electron chi connectivity index (χ0n) is 12.0. The van der Waals surface area contributed by atoms with Crippen molar-refractivity contribution >= 4 is 16.1 Å². The van der Waals surface area contributed by atoms with Crippen LogP contribution in [0.25, 0.3) is 0 Å². The molecule has 5 nitrogen and oxygen atoms in total. The van der Waals surface area contributed by atoms with Crippen molar-refractivity contribution in [3.63, 3.8) is 0 Å². The van der Waals surface area contributed by atoms with Gasteiger partial charge in [0, 0.05) is 6.42 Å². The first-order valence-corrected chi connectivity index (χ1v) is 9.78. The van der Waals surface area contributed by atoms with Crippen LogP contribution in [-0.2, 0) is 9.13 Å². The molecule has 118 valence electrons. The molecule has 0 amide bonds. The van der Waals surface area contributed by atoms with E-state index in [0.717, 1.165) is 19.3 Å². The molecule has 0 bridgehead atoms. The van der Waals surface area contributed by atoms with Gasteiger partial charge in [-0.1, -0.05) is 57.8 Å². The van der Waals surface area contributed by atoms with E-state index in [1.54, 1.807) is 0 Å². The number of rotatable bonds is 10. The van der Waals surface area contributed by atoms with E-state index in [4.69, 9.17) is 9.79 Å². The van der Waals surface area contributed by atoms with Gasteiger partial charge in [0.15, 0.2) is 0 Å². The lowest BCUT2D eigenvalue weighted by Crippen LogP contribution is -2.18. The van der Waals surface area contributed by atoms with Crippen molar-refractivity contribution < 1.29 is 24.0 Å². The minimum absolute atomic E-state index is 0.455. The van der Waals surface area contributed by atoms with Gasteiger partial charge in [0.05, 0.1) is 0 Å². The van der Waals surface area contributed by atoms with Crippen molar-refractivity contribution in [1.82, 2.24) is 0 Å². The third kappa shape index (κ3) is 8.25. The van der Waals surface area contributed by atoms with Crippen molar-refractivity contribution in [3.05, 3.63) is 0 Å². The van der Waals surface area contributed by atoms with E-state index in [1.165, 1.54) is 32.1 Å². The molecule has 0 fully saturated rings. The second-order valence-corrected chi connectivity index (χ2v) is 8.24. The summed E-state index contributed by atoms with van der Waals surface area (Å²) in [5.74, 6) is 4.59. The fourth-order valence-corrected chi connectivity index (χ4v) is 2.65. The van der Waals surface area contributed by atoms with Gasteiger partial charge in [0.25, 0.3) is 5.08 Å². The summed E-state index contributed by atoms with van der Waals surface area (Å²) >= 11 is 0. The van der Waals surface area contributed by atoms with Gasteiger partial charge in [0.2, 0.25) is 0 Å². The molecule has 0 aromatic carbocycles. The summed E-state index contributed by atoms with van der Waals surface area (Å²) < 4.78 is 21.7. The maximum atomic E-state index is 10.9. The molecule has 0 aliphatic rings. The first-order chi connectivity index (χ1) is 9.37. The Morgan fingerprint density at radius 1 is 1.05 bits per heavy atom. The molecule has 0 aliphatic carbocycles. The lowest BCUT2D eigenvalue weighted by Gasteiger charge is -2.16. The molecule has 7 heteroatoms. The molecule has 0 saturated carbocycles. The van der Waals surface area contributed by atoms with Crippen molar-refractivity contribution in [2.75, 3.05) is 0 Å². The highest BCUT2D eigenvalue weighted by atomic mass is 31.2. The molecule has 0 aromatic heterocycles. The summed E-state index contributed by atoms with van der Waals surface area (Å²) in [7, 11) is -6.92. The highest BCUT2D eigenvalue weighted by Gasteiger charge is 2.43. The molecule has 0 heterocycles. The predicted octanol–water partition coefficient (Wildman–Crippen LogP) is 3.10. The summed E-state index contributed by atoms with van der Waals surface area (Å²) in [4.78, 5) is 17.7. The van der Waals surface area contributed by atoms with Crippen LogP contribution in [0.3, 0.4) is 0 Å². The number of hydrogen-bond donors (Lipinski definition) is 3. The third-order valence-corrected chi connectivity index (χ3v) is 5.83. The standard InChI is InChI=1S/C13H26O5P2/c1-2-3-4-5-6-7-8-9-10-11-12-13(14,19-15)20(16,17)18/h14H,2-10,19H2,1H3,(H2,16,17,18). The second-order valence-electron chi connectivity index (χ2n) is 4.91. The quantitative estimate of drug-likeness (QED) is 0.326. The van der Waals surface area contributed by atoms with Crippen LogP contribution in [0.2, 0.25) is 0 Å². The fraction of sp³-hybridized carbons (Fsp3) is 0.846. The van der Waals surface area contributed by atoms with Crippen LogP contribution >= 0.6 is 16.1 Å². The van der Waals surface area contributed by atoms with Crippen molar-refractivity contribution in [3.8, 4) is 11.8 Å². The second kappa shape index (κ2) is 10.6. The Balaban J connectivity index is 3.83. The van der Waals surface area contributed by atoms with Gasteiger partial charge >= 0.3 is 7.60 Å². The van der Waals surface area contributed by atoms with E-state index in [0.29, 0.717) is 6.42 Å². The van der Waals surface area contributed by atoms with Crippen LogP contribution in [0.15, 0.2) is 0 Å². The lowest BCUT2D eigenvalue weighted by molar-refractivity contribution is 0.214. The van der Waals surface area contributed by atoms with E-state index < -0.39 is 21.1 Å². The maximum absolute atomic E-state index is 10.9. The molecule has 0 radical (unpaired) electrons. The SMILES string of the molecule is CCCCCCCCCCC#CC(O)([PH2]=O)P(=O)(O)O. The summed E-state index contributed by atoms with van der Waals surface area (Å²) in [6.45, 7) is 2.18. The minimum Gasteiger partial charge on any atom is -0.362 e. The van der Waals surface area contributed by atoms with Crippen molar-refractivity contribution in [1.29, 1.82) is 0 Å². The zero-order chi connectivity index (χ0) is 15.5. The zero-order valence-corrected chi connectivity index (χ0v) is 14.1. The molecule has 0 rings (SSSR count). The van der Waals surface area contributed by atoms with Gasteiger partial charge in [0.1, 0.15) is 8.46 Å². The number of unbranched alkanes of at least 4 members (excludes halogenated alkanes) is 8. The smallest absolute Gasteiger partial charge is 0.362 e. The topological polar surface area (TPSA) is 94.8 Å². The van der Waals surface area contributed by atoms with Crippen LogP contribution in [0.5, 0.6) is 0 Å². The Kier molecular flexibility index (Phi) is 10.5. The Morgan fingerprint density at radius 3 is 2.00 bits per heavy atom. The summed E-state index contributed by atoms with van der Waals surface area (Å²) in [6.07, 6.45) is 9.66. The average molecular weight is 324 g/mol. The van der Waals surface area contributed by atoms with E-state index in [9.17, 15) is 14.2 Å². The molecule has 3 N–H and O–H groups in total. The van der Waals surface area contributed by atoms with E-state index in [1.807, 2.05) is 0 Å². The van der Waals surface area contributed by atoms with Crippen LogP contribution in [0.4, 0.5) is 0 Å². The molecule has 0 aromatic rings. The number of aliphatic hydroxyl groups is 1. The van der Waals surface area contributed by atoms with Crippen LogP contribution in [-0.4, -0.2) is 20.0 Å². The third-order valence-electron chi connectivity index (χ3n) is 3.04. The van der Waals surface area contributed by atoms with Gasteiger partial charge in [-0.2, -0.15) is 0 Å². The van der Waals surface area contributed by atoms with Gasteiger partial charge in [-0.05, 0) is 12.3 Å². The Morgan fingerprint density at radius 2 is 1.55 bits per heavy atom. The summed E-state index contributed by atoms with van der Waals surface area (Å²) in [5.41, 5.74) is 0. The van der Waals surface area contributed by atoms with Gasteiger partial charge < -0.3 is 19.5 Å². The van der Waals surface area contributed by atoms with Gasteiger partial charge in [-0.3, -0.25) is 4.57 Å². The first kappa shape index (κ1) is 19.9. The van der Waals surface area contributed by atoms with E-state index >= 15 is 0 Å². The lowest BCUT2D eigenvalue weighted by atomic mass is 10.1. The normalized spacial score (nSPS) is 15.0. The van der Waals surface area contributed by atoms with E-state index in [-0.39, 0.29) is 0 Å². The molecule has 2 atom stereocenters. The summed E-state index contributed by atoms with van der Waals surface area (Å²) in [5, 5.41) is 6.82. The monoisotopic (exact) mass is 324 g/mol. The minimum atomic E-state index is -4.86.